The maximum Gasteiger partial charge on any atom is 0.254 e. The number of carbonyl (C=O) groups is 1. The molecule has 21 heavy (non-hydrogen) atoms. The second kappa shape index (κ2) is 7.33. The normalized spacial score (nSPS) is 12.0. The molecule has 0 saturated carbocycles. The molecule has 1 atom stereocenters. The highest BCUT2D eigenvalue weighted by molar-refractivity contribution is 9.10. The zero-order valence-corrected chi connectivity index (χ0v) is 12.9. The van der Waals surface area contributed by atoms with Gasteiger partial charge < -0.3 is 11.1 Å². The maximum atomic E-state index is 13.8. The molecule has 2 aromatic carbocycles. The van der Waals surface area contributed by atoms with E-state index in [1.165, 1.54) is 6.07 Å². The summed E-state index contributed by atoms with van der Waals surface area (Å²) in [6.07, 6.45) is 0.589. The quantitative estimate of drug-likeness (QED) is 0.868. The van der Waals surface area contributed by atoms with E-state index in [-0.39, 0.29) is 16.1 Å². The monoisotopic (exact) mass is 350 g/mol. The first-order chi connectivity index (χ1) is 10.1. The molecule has 0 aliphatic carbocycles. The molecule has 0 spiro atoms. The molecule has 5 heteroatoms. The van der Waals surface area contributed by atoms with E-state index in [2.05, 4.69) is 21.2 Å². The van der Waals surface area contributed by atoms with Gasteiger partial charge in [0, 0.05) is 12.6 Å². The topological polar surface area (TPSA) is 55.1 Å². The Hall–Kier alpha value is -1.72. The van der Waals surface area contributed by atoms with Crippen molar-refractivity contribution in [2.45, 2.75) is 12.5 Å². The van der Waals surface area contributed by atoms with Crippen LogP contribution in [0.1, 0.15) is 28.4 Å². The number of benzene rings is 2. The second-order valence-electron chi connectivity index (χ2n) is 4.66. The molecule has 0 aromatic heterocycles. The number of rotatable bonds is 5. The van der Waals surface area contributed by atoms with Crippen molar-refractivity contribution in [3.05, 3.63) is 69.9 Å². The van der Waals surface area contributed by atoms with E-state index in [1.807, 2.05) is 30.3 Å². The summed E-state index contributed by atoms with van der Waals surface area (Å²) in [5.74, 6) is -0.989. The Bertz CT molecular complexity index is 619. The zero-order valence-electron chi connectivity index (χ0n) is 11.4. The van der Waals surface area contributed by atoms with Crippen LogP contribution in [0.3, 0.4) is 0 Å². The van der Waals surface area contributed by atoms with Gasteiger partial charge in [-0.3, -0.25) is 4.79 Å². The molecular weight excluding hydrogens is 335 g/mol. The van der Waals surface area contributed by atoms with Crippen LogP contribution in [0.2, 0.25) is 0 Å². The lowest BCUT2D eigenvalue weighted by Crippen LogP contribution is -2.28. The van der Waals surface area contributed by atoms with Gasteiger partial charge in [-0.1, -0.05) is 36.4 Å². The Labute approximate surface area is 131 Å². The summed E-state index contributed by atoms with van der Waals surface area (Å²) < 4.78 is 14.0. The summed E-state index contributed by atoms with van der Waals surface area (Å²) in [6.45, 7) is 0.390. The Morgan fingerprint density at radius 1 is 1.19 bits per heavy atom. The maximum absolute atomic E-state index is 13.8. The van der Waals surface area contributed by atoms with E-state index in [0.717, 1.165) is 5.56 Å². The fourth-order valence-electron chi connectivity index (χ4n) is 1.98. The van der Waals surface area contributed by atoms with Crippen molar-refractivity contribution >= 4 is 21.8 Å². The van der Waals surface area contributed by atoms with Crippen LogP contribution in [0.15, 0.2) is 53.0 Å². The van der Waals surface area contributed by atoms with Gasteiger partial charge in [-0.25, -0.2) is 4.39 Å². The summed E-state index contributed by atoms with van der Waals surface area (Å²) in [6, 6.07) is 14.1. The number of hydrogen-bond donors (Lipinski definition) is 2. The van der Waals surface area contributed by atoms with Crippen LogP contribution in [0.5, 0.6) is 0 Å². The third kappa shape index (κ3) is 4.12. The highest BCUT2D eigenvalue weighted by Crippen LogP contribution is 2.18. The zero-order chi connectivity index (χ0) is 15.2. The minimum Gasteiger partial charge on any atom is -0.352 e. The molecular formula is C16H16BrFN2O. The summed E-state index contributed by atoms with van der Waals surface area (Å²) in [5, 5.41) is 2.69. The number of amides is 1. The minimum absolute atomic E-state index is 0.0256. The van der Waals surface area contributed by atoms with Crippen LogP contribution in [0.25, 0.3) is 0 Å². The molecule has 0 fully saturated rings. The van der Waals surface area contributed by atoms with Crippen molar-refractivity contribution in [3.8, 4) is 0 Å². The van der Waals surface area contributed by atoms with E-state index in [9.17, 15) is 9.18 Å². The van der Waals surface area contributed by atoms with Crippen molar-refractivity contribution in [2.75, 3.05) is 6.54 Å². The standard InChI is InChI=1S/C16H16BrFN2O/c17-13-8-4-7-12(15(13)18)16(21)20-10-9-14(19)11-5-2-1-3-6-11/h1-8,14H,9-10,19H2,(H,20,21). The van der Waals surface area contributed by atoms with E-state index in [4.69, 9.17) is 5.73 Å². The van der Waals surface area contributed by atoms with Crippen LogP contribution < -0.4 is 11.1 Å². The number of nitrogens with one attached hydrogen (secondary N) is 1. The van der Waals surface area contributed by atoms with Gasteiger partial charge in [0.2, 0.25) is 0 Å². The van der Waals surface area contributed by atoms with Crippen molar-refractivity contribution in [1.82, 2.24) is 5.32 Å². The SMILES string of the molecule is NC(CCNC(=O)c1cccc(Br)c1F)c1ccccc1. The molecule has 0 aliphatic rings. The highest BCUT2D eigenvalue weighted by Gasteiger charge is 2.14. The molecule has 0 bridgehead atoms. The van der Waals surface area contributed by atoms with Crippen LogP contribution in [-0.4, -0.2) is 12.5 Å². The van der Waals surface area contributed by atoms with E-state index in [1.54, 1.807) is 12.1 Å². The largest absolute Gasteiger partial charge is 0.352 e. The van der Waals surface area contributed by atoms with Crippen molar-refractivity contribution in [2.24, 2.45) is 5.73 Å². The Morgan fingerprint density at radius 2 is 1.90 bits per heavy atom. The van der Waals surface area contributed by atoms with Gasteiger partial charge >= 0.3 is 0 Å². The molecule has 0 aliphatic heterocycles. The molecule has 0 radical (unpaired) electrons. The Morgan fingerprint density at radius 3 is 2.62 bits per heavy atom. The minimum atomic E-state index is -0.553. The molecule has 2 rings (SSSR count). The first kappa shape index (κ1) is 15.7. The fourth-order valence-corrected chi connectivity index (χ4v) is 2.35. The summed E-state index contributed by atoms with van der Waals surface area (Å²) in [7, 11) is 0. The lowest BCUT2D eigenvalue weighted by atomic mass is 10.0. The summed E-state index contributed by atoms with van der Waals surface area (Å²) in [4.78, 5) is 11.9. The number of carbonyl (C=O) groups excluding carboxylic acids is 1. The van der Waals surface area contributed by atoms with Gasteiger partial charge in [0.05, 0.1) is 10.0 Å². The molecule has 0 heterocycles. The lowest BCUT2D eigenvalue weighted by molar-refractivity contribution is 0.0948. The van der Waals surface area contributed by atoms with E-state index < -0.39 is 11.7 Å². The van der Waals surface area contributed by atoms with Crippen LogP contribution in [0.4, 0.5) is 4.39 Å². The van der Waals surface area contributed by atoms with Gasteiger partial charge in [-0.05, 0) is 40.0 Å². The third-order valence-corrected chi connectivity index (χ3v) is 3.78. The van der Waals surface area contributed by atoms with Gasteiger partial charge in [0.25, 0.3) is 5.91 Å². The number of nitrogens with two attached hydrogens (primary N) is 1. The van der Waals surface area contributed by atoms with Crippen LogP contribution in [0, 0.1) is 5.82 Å². The van der Waals surface area contributed by atoms with Crippen molar-refractivity contribution in [3.63, 3.8) is 0 Å². The molecule has 1 amide bonds. The smallest absolute Gasteiger partial charge is 0.254 e. The average molecular weight is 351 g/mol. The van der Waals surface area contributed by atoms with Crippen molar-refractivity contribution < 1.29 is 9.18 Å². The second-order valence-corrected chi connectivity index (χ2v) is 5.52. The third-order valence-electron chi connectivity index (χ3n) is 3.16. The molecule has 110 valence electrons. The molecule has 3 N–H and O–H groups in total. The predicted molar refractivity (Wildman–Crippen MR) is 84.4 cm³/mol. The number of hydrogen-bond acceptors (Lipinski definition) is 2. The first-order valence-corrected chi connectivity index (χ1v) is 7.41. The van der Waals surface area contributed by atoms with Crippen LogP contribution >= 0.6 is 15.9 Å². The lowest BCUT2D eigenvalue weighted by Gasteiger charge is -2.13. The highest BCUT2D eigenvalue weighted by atomic mass is 79.9. The van der Waals surface area contributed by atoms with Crippen LogP contribution in [-0.2, 0) is 0 Å². The fraction of sp³-hybridized carbons (Fsp3) is 0.188. The summed E-state index contributed by atoms with van der Waals surface area (Å²) in [5.41, 5.74) is 7.08. The van der Waals surface area contributed by atoms with Gasteiger partial charge in [-0.2, -0.15) is 0 Å². The summed E-state index contributed by atoms with van der Waals surface area (Å²) >= 11 is 3.06. The molecule has 1 unspecified atom stereocenters. The number of halogens is 2. The average Bonchev–Trinajstić information content (AvgIpc) is 2.50. The van der Waals surface area contributed by atoms with Gasteiger partial charge in [0.15, 0.2) is 0 Å². The first-order valence-electron chi connectivity index (χ1n) is 6.62. The predicted octanol–water partition coefficient (Wildman–Crippen LogP) is 3.41. The molecule has 0 saturated heterocycles. The van der Waals surface area contributed by atoms with E-state index in [0.29, 0.717) is 13.0 Å². The molecule has 2 aromatic rings. The van der Waals surface area contributed by atoms with E-state index >= 15 is 0 Å². The Balaban J connectivity index is 1.89. The Kier molecular flexibility index (Phi) is 5.47. The molecule has 3 nitrogen and oxygen atoms in total. The van der Waals surface area contributed by atoms with Gasteiger partial charge in [0.1, 0.15) is 5.82 Å². The van der Waals surface area contributed by atoms with Crippen molar-refractivity contribution in [1.29, 1.82) is 0 Å². The van der Waals surface area contributed by atoms with Gasteiger partial charge in [-0.15, -0.1) is 0 Å².